The number of carbonyl (C=O) groups is 2. The van der Waals surface area contributed by atoms with E-state index in [0.29, 0.717) is 24.9 Å². The molecule has 0 saturated carbocycles. The topological polar surface area (TPSA) is 37.4 Å². The van der Waals surface area contributed by atoms with Crippen molar-refractivity contribution in [3.63, 3.8) is 0 Å². The lowest BCUT2D eigenvalue weighted by atomic mass is 10.0. The Morgan fingerprint density at radius 1 is 1.31 bits per heavy atom. The molecule has 1 fully saturated rings. The Bertz CT molecular complexity index is 400. The van der Waals surface area contributed by atoms with Crippen molar-refractivity contribution in [3.8, 4) is 0 Å². The number of rotatable bonds is 1. The van der Waals surface area contributed by atoms with Gasteiger partial charge in [-0.25, -0.2) is 0 Å². The molecule has 3 nitrogen and oxygen atoms in total. The average Bonchev–Trinajstić information content (AvgIpc) is 2.29. The van der Waals surface area contributed by atoms with E-state index in [1.807, 2.05) is 37.3 Å². The predicted molar refractivity (Wildman–Crippen MR) is 61.2 cm³/mol. The van der Waals surface area contributed by atoms with Crippen molar-refractivity contribution < 1.29 is 9.59 Å². The fourth-order valence-corrected chi connectivity index (χ4v) is 2.06. The average molecular weight is 217 g/mol. The number of Topliss-reactive ketones (excluding diaryl/α,β-unsaturated/α-hetero) is 1. The Labute approximate surface area is 95.1 Å². The van der Waals surface area contributed by atoms with Gasteiger partial charge in [-0.3, -0.25) is 9.59 Å². The van der Waals surface area contributed by atoms with Crippen LogP contribution in [0.15, 0.2) is 30.3 Å². The molecule has 1 unspecified atom stereocenters. The Kier molecular flexibility index (Phi) is 3.04. The van der Waals surface area contributed by atoms with Crippen LogP contribution in [-0.4, -0.2) is 29.2 Å². The van der Waals surface area contributed by atoms with Gasteiger partial charge in [0.25, 0.3) is 5.91 Å². The summed E-state index contributed by atoms with van der Waals surface area (Å²) in [5.74, 6) is 0.283. The maximum absolute atomic E-state index is 12.1. The van der Waals surface area contributed by atoms with E-state index >= 15 is 0 Å². The SMILES string of the molecule is CC1CC(=O)CCN1C(=O)c1ccccc1. The van der Waals surface area contributed by atoms with Crippen molar-refractivity contribution in [2.75, 3.05) is 6.54 Å². The molecule has 1 atom stereocenters. The van der Waals surface area contributed by atoms with Crippen molar-refractivity contribution in [2.45, 2.75) is 25.8 Å². The summed E-state index contributed by atoms with van der Waals surface area (Å²) in [6, 6.07) is 9.24. The molecular formula is C13H15NO2. The van der Waals surface area contributed by atoms with Gasteiger partial charge in [-0.2, -0.15) is 0 Å². The van der Waals surface area contributed by atoms with Crippen LogP contribution in [0.25, 0.3) is 0 Å². The first-order valence-electron chi connectivity index (χ1n) is 5.56. The lowest BCUT2D eigenvalue weighted by Crippen LogP contribution is -2.44. The van der Waals surface area contributed by atoms with Gasteiger partial charge < -0.3 is 4.90 Å². The van der Waals surface area contributed by atoms with Gasteiger partial charge in [0.05, 0.1) is 0 Å². The fourth-order valence-electron chi connectivity index (χ4n) is 2.06. The molecule has 3 heteroatoms. The number of hydrogen-bond acceptors (Lipinski definition) is 2. The molecule has 0 radical (unpaired) electrons. The molecule has 0 bridgehead atoms. The lowest BCUT2D eigenvalue weighted by molar-refractivity contribution is -0.122. The standard InChI is InChI=1S/C13H15NO2/c1-10-9-12(15)7-8-14(10)13(16)11-5-3-2-4-6-11/h2-6,10H,7-9H2,1H3. The van der Waals surface area contributed by atoms with Gasteiger partial charge >= 0.3 is 0 Å². The van der Waals surface area contributed by atoms with Gasteiger partial charge in [0.2, 0.25) is 0 Å². The summed E-state index contributed by atoms with van der Waals surface area (Å²) in [7, 11) is 0. The maximum Gasteiger partial charge on any atom is 0.254 e. The number of likely N-dealkylation sites (tertiary alicyclic amines) is 1. The first kappa shape index (κ1) is 10.9. The highest BCUT2D eigenvalue weighted by atomic mass is 16.2. The lowest BCUT2D eigenvalue weighted by Gasteiger charge is -2.32. The predicted octanol–water partition coefficient (Wildman–Crippen LogP) is 1.88. The molecular weight excluding hydrogens is 202 g/mol. The third kappa shape index (κ3) is 2.13. The summed E-state index contributed by atoms with van der Waals surface area (Å²) in [5, 5.41) is 0. The molecule has 1 aromatic rings. The van der Waals surface area contributed by atoms with E-state index in [2.05, 4.69) is 0 Å². The summed E-state index contributed by atoms with van der Waals surface area (Å²) < 4.78 is 0. The van der Waals surface area contributed by atoms with Gasteiger partial charge in [0.15, 0.2) is 0 Å². The van der Waals surface area contributed by atoms with Crippen LogP contribution < -0.4 is 0 Å². The minimum absolute atomic E-state index is 0.0222. The van der Waals surface area contributed by atoms with Crippen LogP contribution in [0.5, 0.6) is 0 Å². The highest BCUT2D eigenvalue weighted by Gasteiger charge is 2.27. The highest BCUT2D eigenvalue weighted by Crippen LogP contribution is 2.17. The second kappa shape index (κ2) is 4.47. The largest absolute Gasteiger partial charge is 0.335 e. The number of carbonyl (C=O) groups excluding carboxylic acids is 2. The van der Waals surface area contributed by atoms with Crippen molar-refractivity contribution in [2.24, 2.45) is 0 Å². The fraction of sp³-hybridized carbons (Fsp3) is 0.385. The number of nitrogens with zero attached hydrogens (tertiary/aromatic N) is 1. The molecule has 1 aliphatic heterocycles. The monoisotopic (exact) mass is 217 g/mol. The zero-order valence-electron chi connectivity index (χ0n) is 9.35. The van der Waals surface area contributed by atoms with E-state index in [4.69, 9.17) is 0 Å². The Hall–Kier alpha value is -1.64. The Balaban J connectivity index is 2.14. The smallest absolute Gasteiger partial charge is 0.254 e. The first-order valence-corrected chi connectivity index (χ1v) is 5.56. The van der Waals surface area contributed by atoms with Crippen molar-refractivity contribution in [1.82, 2.24) is 4.90 Å². The number of piperidine rings is 1. The molecule has 2 rings (SSSR count). The van der Waals surface area contributed by atoms with Crippen LogP contribution in [0.3, 0.4) is 0 Å². The quantitative estimate of drug-likeness (QED) is 0.720. The minimum Gasteiger partial charge on any atom is -0.335 e. The van der Waals surface area contributed by atoms with Crippen LogP contribution in [-0.2, 0) is 4.79 Å². The maximum atomic E-state index is 12.1. The van der Waals surface area contributed by atoms with E-state index in [0.717, 1.165) is 0 Å². The Morgan fingerprint density at radius 2 is 2.00 bits per heavy atom. The van der Waals surface area contributed by atoms with Gasteiger partial charge in [0, 0.05) is 31.0 Å². The number of hydrogen-bond donors (Lipinski definition) is 0. The summed E-state index contributed by atoms with van der Waals surface area (Å²) >= 11 is 0. The molecule has 16 heavy (non-hydrogen) atoms. The van der Waals surface area contributed by atoms with Crippen LogP contribution in [0.2, 0.25) is 0 Å². The molecule has 0 aliphatic carbocycles. The van der Waals surface area contributed by atoms with E-state index in [1.165, 1.54) is 0 Å². The summed E-state index contributed by atoms with van der Waals surface area (Å²) in [4.78, 5) is 25.2. The molecule has 1 saturated heterocycles. The second-order valence-corrected chi connectivity index (χ2v) is 4.21. The normalized spacial score (nSPS) is 20.9. The summed E-state index contributed by atoms with van der Waals surface area (Å²) in [5.41, 5.74) is 0.698. The van der Waals surface area contributed by atoms with Crippen LogP contribution in [0, 0.1) is 0 Å². The van der Waals surface area contributed by atoms with Gasteiger partial charge in [-0.1, -0.05) is 18.2 Å². The molecule has 1 aliphatic rings. The van der Waals surface area contributed by atoms with E-state index in [1.54, 1.807) is 4.90 Å². The van der Waals surface area contributed by atoms with E-state index in [9.17, 15) is 9.59 Å². The number of ketones is 1. The molecule has 0 spiro atoms. The highest BCUT2D eigenvalue weighted by molar-refractivity contribution is 5.95. The van der Waals surface area contributed by atoms with Crippen LogP contribution >= 0.6 is 0 Å². The molecule has 84 valence electrons. The third-order valence-corrected chi connectivity index (χ3v) is 2.97. The van der Waals surface area contributed by atoms with Crippen molar-refractivity contribution in [1.29, 1.82) is 0 Å². The molecule has 0 aromatic heterocycles. The Morgan fingerprint density at radius 3 is 2.62 bits per heavy atom. The zero-order valence-corrected chi connectivity index (χ0v) is 9.35. The first-order chi connectivity index (χ1) is 7.68. The summed E-state index contributed by atoms with van der Waals surface area (Å²) in [6.07, 6.45) is 0.974. The van der Waals surface area contributed by atoms with Crippen molar-refractivity contribution >= 4 is 11.7 Å². The van der Waals surface area contributed by atoms with E-state index < -0.39 is 0 Å². The third-order valence-electron chi connectivity index (χ3n) is 2.97. The molecule has 1 aromatic carbocycles. The van der Waals surface area contributed by atoms with Gasteiger partial charge in [-0.05, 0) is 19.1 Å². The van der Waals surface area contributed by atoms with Crippen LogP contribution in [0.4, 0.5) is 0 Å². The molecule has 1 amide bonds. The zero-order chi connectivity index (χ0) is 11.5. The van der Waals surface area contributed by atoms with Gasteiger partial charge in [0.1, 0.15) is 5.78 Å². The minimum atomic E-state index is 0.0222. The number of benzene rings is 1. The summed E-state index contributed by atoms with van der Waals surface area (Å²) in [6.45, 7) is 2.48. The number of amides is 1. The molecule has 1 heterocycles. The second-order valence-electron chi connectivity index (χ2n) is 4.21. The van der Waals surface area contributed by atoms with Gasteiger partial charge in [-0.15, -0.1) is 0 Å². The van der Waals surface area contributed by atoms with Crippen molar-refractivity contribution in [3.05, 3.63) is 35.9 Å². The van der Waals surface area contributed by atoms with Crippen LogP contribution in [0.1, 0.15) is 30.1 Å². The van der Waals surface area contributed by atoms with E-state index in [-0.39, 0.29) is 17.7 Å². The molecule has 0 N–H and O–H groups in total.